The minimum Gasteiger partial charge on any atom is -0.383 e. The van der Waals surface area contributed by atoms with E-state index in [4.69, 9.17) is 17.3 Å². The number of hydrogen-bond donors (Lipinski definition) is 2. The molecule has 0 aliphatic carbocycles. The molecule has 3 N–H and O–H groups in total. The number of pyridine rings is 1. The van der Waals surface area contributed by atoms with Crippen LogP contribution in [-0.2, 0) is 0 Å². The van der Waals surface area contributed by atoms with Crippen LogP contribution in [-0.4, -0.2) is 28.9 Å². The highest BCUT2D eigenvalue weighted by molar-refractivity contribution is 7.24. The Morgan fingerprint density at radius 1 is 1.11 bits per heavy atom. The standard InChI is InChI=1S/C27H24ClN5OS/c1-16-5-11-19(12-6-16)31-26-22(27(34)33-13-3-2-4-14-33)23-24(35-26)21(20(15-29)25(30)32-23)17-7-9-18(28)10-8-17/h5-12,31H,2-4,13-14H2,1H3,(H2,30,32). The predicted molar refractivity (Wildman–Crippen MR) is 143 cm³/mol. The molecular weight excluding hydrogens is 478 g/mol. The number of nitrogen functional groups attached to an aromatic ring is 1. The molecule has 2 aromatic carbocycles. The highest BCUT2D eigenvalue weighted by Gasteiger charge is 2.29. The van der Waals surface area contributed by atoms with Gasteiger partial charge in [0.1, 0.15) is 28.0 Å². The maximum Gasteiger partial charge on any atom is 0.259 e. The lowest BCUT2D eigenvalue weighted by Gasteiger charge is -2.27. The summed E-state index contributed by atoms with van der Waals surface area (Å²) >= 11 is 7.54. The van der Waals surface area contributed by atoms with Gasteiger partial charge in [-0.2, -0.15) is 5.26 Å². The second-order valence-corrected chi connectivity index (χ2v) is 10.2. The summed E-state index contributed by atoms with van der Waals surface area (Å²) in [4.78, 5) is 20.3. The summed E-state index contributed by atoms with van der Waals surface area (Å²) in [5, 5.41) is 14.7. The molecule has 6 nitrogen and oxygen atoms in total. The van der Waals surface area contributed by atoms with Gasteiger partial charge in [0.05, 0.1) is 10.2 Å². The molecule has 0 bridgehead atoms. The van der Waals surface area contributed by atoms with Crippen LogP contribution in [0.1, 0.15) is 40.7 Å². The van der Waals surface area contributed by atoms with Crippen molar-refractivity contribution in [1.29, 1.82) is 5.26 Å². The number of fused-ring (bicyclic) bond motifs is 1. The van der Waals surface area contributed by atoms with Gasteiger partial charge in [-0.05, 0) is 56.0 Å². The van der Waals surface area contributed by atoms with Crippen LogP contribution in [0.3, 0.4) is 0 Å². The van der Waals surface area contributed by atoms with E-state index in [1.165, 1.54) is 11.3 Å². The van der Waals surface area contributed by atoms with Gasteiger partial charge in [-0.1, -0.05) is 41.4 Å². The van der Waals surface area contributed by atoms with Gasteiger partial charge in [-0.3, -0.25) is 4.79 Å². The molecule has 8 heteroatoms. The number of piperidine rings is 1. The number of nitrogens with zero attached hydrogens (tertiary/aromatic N) is 3. The summed E-state index contributed by atoms with van der Waals surface area (Å²) in [5.41, 5.74) is 11.1. The van der Waals surface area contributed by atoms with Gasteiger partial charge >= 0.3 is 0 Å². The molecular formula is C27H24ClN5OS. The number of carbonyl (C=O) groups excluding carboxylic acids is 1. The summed E-state index contributed by atoms with van der Waals surface area (Å²) in [6, 6.07) is 17.5. The molecule has 1 saturated heterocycles. The summed E-state index contributed by atoms with van der Waals surface area (Å²) in [6.45, 7) is 3.47. The monoisotopic (exact) mass is 501 g/mol. The largest absolute Gasteiger partial charge is 0.383 e. The van der Waals surface area contributed by atoms with Crippen molar-refractivity contribution in [2.45, 2.75) is 26.2 Å². The van der Waals surface area contributed by atoms with E-state index in [1.807, 2.05) is 48.2 Å². The Balaban J connectivity index is 1.76. The molecule has 3 heterocycles. The number of nitrogens with two attached hydrogens (primary N) is 1. The van der Waals surface area contributed by atoms with Crippen LogP contribution in [0, 0.1) is 18.3 Å². The molecule has 0 unspecified atom stereocenters. The smallest absolute Gasteiger partial charge is 0.259 e. The average Bonchev–Trinajstić information content (AvgIpc) is 3.22. The topological polar surface area (TPSA) is 95.0 Å². The fourth-order valence-corrected chi connectivity index (χ4v) is 5.78. The van der Waals surface area contributed by atoms with E-state index in [9.17, 15) is 10.1 Å². The molecule has 1 aliphatic rings. The number of amides is 1. The van der Waals surface area contributed by atoms with Gasteiger partial charge in [0.2, 0.25) is 0 Å². The molecule has 176 valence electrons. The van der Waals surface area contributed by atoms with E-state index < -0.39 is 0 Å². The Morgan fingerprint density at radius 3 is 2.46 bits per heavy atom. The zero-order chi connectivity index (χ0) is 24.5. The van der Waals surface area contributed by atoms with Gasteiger partial charge in [0.25, 0.3) is 5.91 Å². The molecule has 0 spiro atoms. The van der Waals surface area contributed by atoms with Crippen molar-refractivity contribution in [2.75, 3.05) is 24.1 Å². The zero-order valence-electron chi connectivity index (χ0n) is 19.3. The SMILES string of the molecule is Cc1ccc(Nc2sc3c(-c4ccc(Cl)cc4)c(C#N)c(N)nc3c2C(=O)N2CCCCC2)cc1. The molecule has 35 heavy (non-hydrogen) atoms. The van der Waals surface area contributed by atoms with Crippen LogP contribution in [0.4, 0.5) is 16.5 Å². The first-order valence-electron chi connectivity index (χ1n) is 11.5. The summed E-state index contributed by atoms with van der Waals surface area (Å²) in [5.74, 6) is 0.0431. The van der Waals surface area contributed by atoms with Crippen molar-refractivity contribution < 1.29 is 4.79 Å². The lowest BCUT2D eigenvalue weighted by molar-refractivity contribution is 0.0727. The van der Waals surface area contributed by atoms with E-state index in [0.717, 1.165) is 53.9 Å². The number of carbonyl (C=O) groups is 1. The number of rotatable bonds is 4. The molecule has 0 saturated carbocycles. The number of halogens is 1. The minimum atomic E-state index is -0.0655. The number of aryl methyl sites for hydroxylation is 1. The van der Waals surface area contributed by atoms with E-state index in [0.29, 0.717) is 32.2 Å². The van der Waals surface area contributed by atoms with Crippen molar-refractivity contribution in [1.82, 2.24) is 9.88 Å². The number of hydrogen-bond acceptors (Lipinski definition) is 6. The van der Waals surface area contributed by atoms with Crippen LogP contribution in [0.5, 0.6) is 0 Å². The Bertz CT molecular complexity index is 1450. The maximum absolute atomic E-state index is 13.8. The quantitative estimate of drug-likeness (QED) is 0.322. The van der Waals surface area contributed by atoms with Crippen LogP contribution in [0.25, 0.3) is 21.3 Å². The maximum atomic E-state index is 13.8. The molecule has 1 fully saturated rings. The Morgan fingerprint density at radius 2 is 1.80 bits per heavy atom. The highest BCUT2D eigenvalue weighted by Crippen LogP contribution is 2.45. The van der Waals surface area contributed by atoms with Crippen LogP contribution in [0.15, 0.2) is 48.5 Å². The van der Waals surface area contributed by atoms with E-state index in [-0.39, 0.29) is 11.7 Å². The second kappa shape index (κ2) is 9.57. The third-order valence-electron chi connectivity index (χ3n) is 6.26. The van der Waals surface area contributed by atoms with Gasteiger partial charge in [0, 0.05) is 29.4 Å². The van der Waals surface area contributed by atoms with Gasteiger partial charge < -0.3 is 16.0 Å². The average molecular weight is 502 g/mol. The van der Waals surface area contributed by atoms with Crippen LogP contribution >= 0.6 is 22.9 Å². The van der Waals surface area contributed by atoms with Crippen LogP contribution in [0.2, 0.25) is 5.02 Å². The number of nitriles is 1. The number of aromatic nitrogens is 1. The number of likely N-dealkylation sites (tertiary alicyclic amines) is 1. The van der Waals surface area contributed by atoms with E-state index >= 15 is 0 Å². The second-order valence-electron chi connectivity index (χ2n) is 8.69. The normalized spacial score (nSPS) is 13.6. The van der Waals surface area contributed by atoms with Crippen molar-refractivity contribution >= 4 is 55.6 Å². The third-order valence-corrected chi connectivity index (χ3v) is 7.62. The fourth-order valence-electron chi connectivity index (χ4n) is 4.43. The Hall–Kier alpha value is -3.60. The molecule has 1 amide bonds. The molecule has 0 atom stereocenters. The fraction of sp³-hybridized carbons (Fsp3) is 0.222. The number of thiophene rings is 1. The van der Waals surface area contributed by atoms with E-state index in [2.05, 4.69) is 16.4 Å². The minimum absolute atomic E-state index is 0.0655. The number of nitrogens with one attached hydrogen (secondary N) is 1. The van der Waals surface area contributed by atoms with Crippen LogP contribution < -0.4 is 11.1 Å². The van der Waals surface area contributed by atoms with Gasteiger partial charge in [0.15, 0.2) is 0 Å². The number of benzene rings is 2. The molecule has 0 radical (unpaired) electrons. The van der Waals surface area contributed by atoms with E-state index in [1.54, 1.807) is 12.1 Å². The lowest BCUT2D eigenvalue weighted by Crippen LogP contribution is -2.35. The zero-order valence-corrected chi connectivity index (χ0v) is 20.8. The van der Waals surface area contributed by atoms with Crippen molar-refractivity contribution in [2.24, 2.45) is 0 Å². The third kappa shape index (κ3) is 4.43. The first-order chi connectivity index (χ1) is 17.0. The Kier molecular flexibility index (Phi) is 6.33. The summed E-state index contributed by atoms with van der Waals surface area (Å²) < 4.78 is 0.744. The van der Waals surface area contributed by atoms with Crippen molar-refractivity contribution in [3.8, 4) is 17.2 Å². The molecule has 4 aromatic rings. The molecule has 2 aromatic heterocycles. The lowest BCUT2D eigenvalue weighted by atomic mass is 9.99. The first-order valence-corrected chi connectivity index (χ1v) is 12.7. The highest BCUT2D eigenvalue weighted by atomic mass is 35.5. The van der Waals surface area contributed by atoms with Gasteiger partial charge in [-0.25, -0.2) is 4.98 Å². The van der Waals surface area contributed by atoms with Crippen molar-refractivity contribution in [3.05, 3.63) is 70.2 Å². The molecule has 5 rings (SSSR count). The summed E-state index contributed by atoms with van der Waals surface area (Å²) in [6.07, 6.45) is 3.09. The first kappa shape index (κ1) is 23.2. The van der Waals surface area contributed by atoms with Gasteiger partial charge in [-0.15, -0.1) is 11.3 Å². The van der Waals surface area contributed by atoms with Crippen molar-refractivity contribution in [3.63, 3.8) is 0 Å². The summed E-state index contributed by atoms with van der Waals surface area (Å²) in [7, 11) is 0. The molecule has 1 aliphatic heterocycles. The Labute approximate surface area is 213 Å². The predicted octanol–water partition coefficient (Wildman–Crippen LogP) is 6.75. The number of anilines is 3.